The van der Waals surface area contributed by atoms with Crippen LogP contribution in [-0.4, -0.2) is 14.8 Å². The molecule has 0 aliphatic heterocycles. The summed E-state index contributed by atoms with van der Waals surface area (Å²) >= 11 is 6.93. The molecule has 0 aliphatic rings. The molecule has 3 nitrogen and oxygen atoms in total. The first kappa shape index (κ1) is 17.5. The first-order valence-electron chi connectivity index (χ1n) is 7.56. The molecule has 1 aromatic carbocycles. The topological polar surface area (TPSA) is 30.7 Å². The van der Waals surface area contributed by atoms with Crippen molar-refractivity contribution < 1.29 is 0 Å². The lowest BCUT2D eigenvalue weighted by Gasteiger charge is -2.08. The first-order valence-corrected chi connectivity index (χ1v) is 10.2. The average molecular weight is 420 g/mol. The van der Waals surface area contributed by atoms with Crippen LogP contribution in [-0.2, 0) is 12.3 Å². The largest absolute Gasteiger partial charge is 0.298 e. The Morgan fingerprint density at radius 1 is 1.25 bits per heavy atom. The first-order chi connectivity index (χ1) is 11.6. The third-order valence-electron chi connectivity index (χ3n) is 3.84. The Labute approximate surface area is 159 Å². The van der Waals surface area contributed by atoms with E-state index in [0.29, 0.717) is 6.54 Å². The van der Waals surface area contributed by atoms with E-state index in [1.54, 1.807) is 23.1 Å². The van der Waals surface area contributed by atoms with Crippen molar-refractivity contribution in [2.24, 2.45) is 0 Å². The fourth-order valence-electron chi connectivity index (χ4n) is 2.35. The molecule has 3 rings (SSSR count). The van der Waals surface area contributed by atoms with E-state index < -0.39 is 0 Å². The van der Waals surface area contributed by atoms with Crippen molar-refractivity contribution in [1.82, 2.24) is 14.8 Å². The molecule has 2 heterocycles. The molecule has 0 saturated heterocycles. The number of benzene rings is 1. The summed E-state index contributed by atoms with van der Waals surface area (Å²) in [6, 6.07) is 8.37. The van der Waals surface area contributed by atoms with Gasteiger partial charge in [0.2, 0.25) is 0 Å². The molecule has 0 saturated carbocycles. The van der Waals surface area contributed by atoms with Crippen LogP contribution >= 0.6 is 39.0 Å². The van der Waals surface area contributed by atoms with E-state index >= 15 is 0 Å². The Hall–Kier alpha value is -1.37. The van der Waals surface area contributed by atoms with Crippen LogP contribution in [0, 0.1) is 13.8 Å². The number of allylic oxidation sites excluding steroid dienone is 1. The van der Waals surface area contributed by atoms with Crippen LogP contribution in [0.25, 0.3) is 11.4 Å². The number of rotatable bonds is 6. The van der Waals surface area contributed by atoms with Crippen molar-refractivity contribution in [3.63, 3.8) is 0 Å². The van der Waals surface area contributed by atoms with Crippen molar-refractivity contribution in [2.75, 3.05) is 0 Å². The average Bonchev–Trinajstić information content (AvgIpc) is 3.12. The van der Waals surface area contributed by atoms with Crippen molar-refractivity contribution in [3.8, 4) is 11.4 Å². The summed E-state index contributed by atoms with van der Waals surface area (Å²) in [5.41, 5.74) is 3.71. The minimum Gasteiger partial charge on any atom is -0.298 e. The molecule has 0 spiro atoms. The van der Waals surface area contributed by atoms with Crippen molar-refractivity contribution in [2.45, 2.75) is 31.3 Å². The molecule has 0 N–H and O–H groups in total. The highest BCUT2D eigenvalue weighted by Crippen LogP contribution is 2.32. The molecular weight excluding hydrogens is 402 g/mol. The monoisotopic (exact) mass is 419 g/mol. The molecule has 0 atom stereocenters. The lowest BCUT2D eigenvalue weighted by Crippen LogP contribution is -2.01. The number of hydrogen-bond acceptors (Lipinski definition) is 4. The lowest BCUT2D eigenvalue weighted by atomic mass is 10.1. The third kappa shape index (κ3) is 3.66. The second-order valence-corrected chi connectivity index (χ2v) is 8.39. The lowest BCUT2D eigenvalue weighted by molar-refractivity contribution is 0.731. The molecule has 3 aromatic rings. The summed E-state index contributed by atoms with van der Waals surface area (Å²) < 4.78 is 3.24. The number of hydrogen-bond donors (Lipinski definition) is 0. The van der Waals surface area contributed by atoms with Gasteiger partial charge in [-0.3, -0.25) is 4.57 Å². The zero-order chi connectivity index (χ0) is 17.1. The zero-order valence-electron chi connectivity index (χ0n) is 13.6. The molecule has 0 amide bonds. The molecule has 0 aliphatic carbocycles. The van der Waals surface area contributed by atoms with Crippen molar-refractivity contribution in [1.29, 1.82) is 0 Å². The highest BCUT2D eigenvalue weighted by molar-refractivity contribution is 9.10. The summed E-state index contributed by atoms with van der Waals surface area (Å²) in [6.07, 6.45) is 1.89. The number of thioether (sulfide) groups is 1. The number of halogens is 1. The number of aryl methyl sites for hydroxylation is 1. The van der Waals surface area contributed by atoms with Gasteiger partial charge in [0, 0.05) is 32.6 Å². The van der Waals surface area contributed by atoms with E-state index in [4.69, 9.17) is 0 Å². The number of aromatic nitrogens is 3. The highest BCUT2D eigenvalue weighted by Gasteiger charge is 2.17. The van der Waals surface area contributed by atoms with Crippen LogP contribution in [0.3, 0.4) is 0 Å². The maximum atomic E-state index is 4.45. The predicted octanol–water partition coefficient (Wildman–Crippen LogP) is 5.86. The minimum atomic E-state index is 0.708. The van der Waals surface area contributed by atoms with E-state index in [-0.39, 0.29) is 0 Å². The van der Waals surface area contributed by atoms with Crippen LogP contribution in [0.15, 0.2) is 51.9 Å². The molecule has 2 aromatic heterocycles. The van der Waals surface area contributed by atoms with Gasteiger partial charge in [0.1, 0.15) is 0 Å². The molecule has 24 heavy (non-hydrogen) atoms. The van der Waals surface area contributed by atoms with Gasteiger partial charge in [0.05, 0.1) is 0 Å². The summed E-state index contributed by atoms with van der Waals surface area (Å²) in [7, 11) is 0. The van der Waals surface area contributed by atoms with E-state index in [0.717, 1.165) is 21.2 Å². The fourth-order valence-corrected chi connectivity index (χ4v) is 4.38. The highest BCUT2D eigenvalue weighted by atomic mass is 79.9. The van der Waals surface area contributed by atoms with Gasteiger partial charge < -0.3 is 0 Å². The van der Waals surface area contributed by atoms with Gasteiger partial charge >= 0.3 is 0 Å². The standard InChI is InChI=1S/C18H18BrN3S2/c1-4-9-22-17(16-11-23-13(3)12(16)2)20-21-18(22)24-10-14-5-7-15(19)8-6-14/h4-8,11H,1,9-10H2,2-3H3. The molecule has 6 heteroatoms. The molecule has 124 valence electrons. The SMILES string of the molecule is C=CCn1c(SCc2ccc(Br)cc2)nnc1-c1csc(C)c1C. The van der Waals surface area contributed by atoms with Gasteiger partial charge in [-0.2, -0.15) is 0 Å². The fraction of sp³-hybridized carbons (Fsp3) is 0.222. The van der Waals surface area contributed by atoms with Crippen LogP contribution in [0.2, 0.25) is 0 Å². The maximum Gasteiger partial charge on any atom is 0.192 e. The summed E-state index contributed by atoms with van der Waals surface area (Å²) in [6.45, 7) is 8.87. The van der Waals surface area contributed by atoms with Gasteiger partial charge in [-0.1, -0.05) is 45.9 Å². The van der Waals surface area contributed by atoms with Crippen molar-refractivity contribution in [3.05, 3.63) is 62.8 Å². The van der Waals surface area contributed by atoms with Gasteiger partial charge in [-0.15, -0.1) is 28.1 Å². The van der Waals surface area contributed by atoms with Gasteiger partial charge in [0.15, 0.2) is 11.0 Å². The Morgan fingerprint density at radius 2 is 2.00 bits per heavy atom. The molecule has 0 bridgehead atoms. The molecule has 0 unspecified atom stereocenters. The molecule has 0 fully saturated rings. The van der Waals surface area contributed by atoms with Gasteiger partial charge in [-0.05, 0) is 37.1 Å². The van der Waals surface area contributed by atoms with Gasteiger partial charge in [-0.25, -0.2) is 0 Å². The van der Waals surface area contributed by atoms with E-state index in [9.17, 15) is 0 Å². The number of nitrogens with zero attached hydrogens (tertiary/aromatic N) is 3. The van der Waals surface area contributed by atoms with E-state index in [1.807, 2.05) is 6.08 Å². The van der Waals surface area contributed by atoms with E-state index in [2.05, 4.69) is 80.8 Å². The quantitative estimate of drug-likeness (QED) is 0.369. The maximum absolute atomic E-state index is 4.45. The van der Waals surface area contributed by atoms with E-state index in [1.165, 1.54) is 21.6 Å². The third-order valence-corrected chi connectivity index (χ3v) is 6.42. The van der Waals surface area contributed by atoms with Crippen LogP contribution < -0.4 is 0 Å². The summed E-state index contributed by atoms with van der Waals surface area (Å²) in [5.74, 6) is 1.79. The van der Waals surface area contributed by atoms with Crippen LogP contribution in [0.4, 0.5) is 0 Å². The van der Waals surface area contributed by atoms with Crippen LogP contribution in [0.1, 0.15) is 16.0 Å². The normalized spacial score (nSPS) is 11.0. The smallest absolute Gasteiger partial charge is 0.192 e. The Balaban J connectivity index is 1.87. The van der Waals surface area contributed by atoms with Crippen LogP contribution in [0.5, 0.6) is 0 Å². The second-order valence-electron chi connectivity index (χ2n) is 5.45. The predicted molar refractivity (Wildman–Crippen MR) is 107 cm³/mol. The second kappa shape index (κ2) is 7.68. The summed E-state index contributed by atoms with van der Waals surface area (Å²) in [5, 5.41) is 12.0. The Morgan fingerprint density at radius 3 is 2.62 bits per heavy atom. The van der Waals surface area contributed by atoms with Crippen molar-refractivity contribution >= 4 is 39.0 Å². The molecule has 0 radical (unpaired) electrons. The number of thiophene rings is 1. The minimum absolute atomic E-state index is 0.708. The molecular formula is C18H18BrN3S2. The summed E-state index contributed by atoms with van der Waals surface area (Å²) in [4.78, 5) is 1.32. The Bertz CT molecular complexity index is 850. The zero-order valence-corrected chi connectivity index (χ0v) is 16.8. The Kier molecular flexibility index (Phi) is 5.58. The van der Waals surface area contributed by atoms with Gasteiger partial charge in [0.25, 0.3) is 0 Å².